The first-order valence-corrected chi connectivity index (χ1v) is 7.02. The summed E-state index contributed by atoms with van der Waals surface area (Å²) in [4.78, 5) is 0. The summed E-state index contributed by atoms with van der Waals surface area (Å²) in [6.45, 7) is 2.42. The van der Waals surface area contributed by atoms with Crippen LogP contribution in [0.2, 0.25) is 0 Å². The molecule has 1 rings (SSSR count). The summed E-state index contributed by atoms with van der Waals surface area (Å²) in [5.41, 5.74) is 0. The number of thioether (sulfide) groups is 1. The van der Waals surface area contributed by atoms with E-state index in [0.717, 1.165) is 5.92 Å². The van der Waals surface area contributed by atoms with E-state index in [0.29, 0.717) is 0 Å². The van der Waals surface area contributed by atoms with Crippen LogP contribution < -0.4 is 5.32 Å². The summed E-state index contributed by atoms with van der Waals surface area (Å²) in [5.74, 6) is 2.33. The minimum atomic E-state index is 1.07. The zero-order valence-corrected chi connectivity index (χ0v) is 9.67. The Balaban J connectivity index is 1.78. The topological polar surface area (TPSA) is 12.0 Å². The van der Waals surface area contributed by atoms with Crippen molar-refractivity contribution in [2.75, 3.05) is 25.1 Å². The Hall–Kier alpha value is 0.310. The van der Waals surface area contributed by atoms with Crippen molar-refractivity contribution in [3.05, 3.63) is 0 Å². The lowest BCUT2D eigenvalue weighted by molar-refractivity contribution is 0.473. The second-order valence-electron chi connectivity index (χ2n) is 4.04. The third kappa shape index (κ3) is 5.58. The molecule has 0 aromatic carbocycles. The van der Waals surface area contributed by atoms with E-state index >= 15 is 0 Å². The predicted octanol–water partition coefficient (Wildman–Crippen LogP) is 2.91. The Morgan fingerprint density at radius 3 is 2.69 bits per heavy atom. The molecule has 1 aliphatic carbocycles. The van der Waals surface area contributed by atoms with E-state index in [1.54, 1.807) is 0 Å². The molecule has 0 spiro atoms. The molecule has 1 N–H and O–H groups in total. The molecule has 0 bridgehead atoms. The lowest BCUT2D eigenvalue weighted by atomic mass is 10.0. The van der Waals surface area contributed by atoms with Crippen LogP contribution in [0.3, 0.4) is 0 Å². The van der Waals surface area contributed by atoms with Gasteiger partial charge in [-0.25, -0.2) is 0 Å². The number of hydrogen-bond acceptors (Lipinski definition) is 2. The number of nitrogens with one attached hydrogen (secondary N) is 1. The van der Waals surface area contributed by atoms with Gasteiger partial charge in [0, 0.05) is 12.3 Å². The SMILES string of the molecule is CSCCNCCCC1CCCC1. The van der Waals surface area contributed by atoms with E-state index in [4.69, 9.17) is 0 Å². The molecule has 0 aromatic rings. The molecule has 0 atom stereocenters. The van der Waals surface area contributed by atoms with Gasteiger partial charge in [-0.2, -0.15) is 11.8 Å². The largest absolute Gasteiger partial charge is 0.316 e. The van der Waals surface area contributed by atoms with Gasteiger partial charge in [-0.05, 0) is 31.6 Å². The normalized spacial score (nSPS) is 18.2. The van der Waals surface area contributed by atoms with Gasteiger partial charge in [0.1, 0.15) is 0 Å². The standard InChI is InChI=1S/C11H23NS/c1-13-10-9-12-8-4-7-11-5-2-3-6-11/h11-12H,2-10H2,1H3. The summed E-state index contributed by atoms with van der Waals surface area (Å²) in [6, 6.07) is 0. The van der Waals surface area contributed by atoms with Crippen molar-refractivity contribution in [1.29, 1.82) is 0 Å². The first-order valence-electron chi connectivity index (χ1n) is 5.63. The lowest BCUT2D eigenvalue weighted by Crippen LogP contribution is -2.18. The molecule has 78 valence electrons. The zero-order chi connectivity index (χ0) is 9.36. The van der Waals surface area contributed by atoms with Crippen molar-refractivity contribution in [3.8, 4) is 0 Å². The highest BCUT2D eigenvalue weighted by Gasteiger charge is 2.13. The molecule has 0 aliphatic heterocycles. The second-order valence-corrected chi connectivity index (χ2v) is 5.02. The van der Waals surface area contributed by atoms with Gasteiger partial charge >= 0.3 is 0 Å². The molecule has 1 nitrogen and oxygen atoms in total. The third-order valence-corrected chi connectivity index (χ3v) is 3.54. The van der Waals surface area contributed by atoms with Gasteiger partial charge in [0.2, 0.25) is 0 Å². The minimum absolute atomic E-state index is 1.07. The van der Waals surface area contributed by atoms with Crippen molar-refractivity contribution in [3.63, 3.8) is 0 Å². The van der Waals surface area contributed by atoms with Gasteiger partial charge in [-0.3, -0.25) is 0 Å². The van der Waals surface area contributed by atoms with Crippen LogP contribution in [0, 0.1) is 5.92 Å². The molecule has 0 heterocycles. The van der Waals surface area contributed by atoms with Crippen LogP contribution in [0.4, 0.5) is 0 Å². The molecule has 0 amide bonds. The van der Waals surface area contributed by atoms with Crippen LogP contribution in [0.1, 0.15) is 38.5 Å². The fraction of sp³-hybridized carbons (Fsp3) is 1.00. The molecule has 2 heteroatoms. The molecular weight excluding hydrogens is 178 g/mol. The van der Waals surface area contributed by atoms with Crippen molar-refractivity contribution < 1.29 is 0 Å². The van der Waals surface area contributed by atoms with Crippen LogP contribution >= 0.6 is 11.8 Å². The van der Waals surface area contributed by atoms with Crippen molar-refractivity contribution in [2.45, 2.75) is 38.5 Å². The van der Waals surface area contributed by atoms with Crippen molar-refractivity contribution in [2.24, 2.45) is 5.92 Å². The summed E-state index contributed by atoms with van der Waals surface area (Å²) in [6.07, 6.45) is 11.0. The van der Waals surface area contributed by atoms with Gasteiger partial charge in [-0.15, -0.1) is 0 Å². The Kier molecular flexibility index (Phi) is 6.73. The van der Waals surface area contributed by atoms with E-state index in [1.807, 2.05) is 11.8 Å². The van der Waals surface area contributed by atoms with E-state index in [-0.39, 0.29) is 0 Å². The maximum absolute atomic E-state index is 3.49. The Bertz CT molecular complexity index is 111. The predicted molar refractivity (Wildman–Crippen MR) is 62.4 cm³/mol. The summed E-state index contributed by atoms with van der Waals surface area (Å²) >= 11 is 1.92. The molecule has 1 fully saturated rings. The van der Waals surface area contributed by atoms with Gasteiger partial charge in [0.15, 0.2) is 0 Å². The van der Waals surface area contributed by atoms with Crippen LogP contribution in [0.5, 0.6) is 0 Å². The third-order valence-electron chi connectivity index (χ3n) is 2.92. The molecular formula is C11H23NS. The van der Waals surface area contributed by atoms with Crippen LogP contribution in [-0.2, 0) is 0 Å². The van der Waals surface area contributed by atoms with E-state index < -0.39 is 0 Å². The lowest BCUT2D eigenvalue weighted by Gasteiger charge is -2.08. The van der Waals surface area contributed by atoms with Crippen molar-refractivity contribution >= 4 is 11.8 Å². The van der Waals surface area contributed by atoms with E-state index in [1.165, 1.54) is 57.4 Å². The maximum Gasteiger partial charge on any atom is 0.00553 e. The maximum atomic E-state index is 3.49. The first-order chi connectivity index (χ1) is 6.43. The smallest absolute Gasteiger partial charge is 0.00553 e. The fourth-order valence-electron chi connectivity index (χ4n) is 2.11. The number of hydrogen-bond donors (Lipinski definition) is 1. The minimum Gasteiger partial charge on any atom is -0.316 e. The summed E-state index contributed by atoms with van der Waals surface area (Å²) in [5, 5.41) is 3.49. The molecule has 1 aliphatic rings. The van der Waals surface area contributed by atoms with Gasteiger partial charge < -0.3 is 5.32 Å². The first kappa shape index (κ1) is 11.4. The highest BCUT2D eigenvalue weighted by Crippen LogP contribution is 2.28. The molecule has 0 aromatic heterocycles. The highest BCUT2D eigenvalue weighted by atomic mass is 32.2. The quantitative estimate of drug-likeness (QED) is 0.636. The molecule has 1 saturated carbocycles. The second kappa shape index (κ2) is 7.69. The Labute approximate surface area is 87.1 Å². The van der Waals surface area contributed by atoms with Gasteiger partial charge in [0.05, 0.1) is 0 Å². The van der Waals surface area contributed by atoms with Gasteiger partial charge in [-0.1, -0.05) is 25.7 Å². The number of rotatable bonds is 7. The van der Waals surface area contributed by atoms with E-state index in [9.17, 15) is 0 Å². The van der Waals surface area contributed by atoms with Crippen molar-refractivity contribution in [1.82, 2.24) is 5.32 Å². The Morgan fingerprint density at radius 2 is 2.00 bits per heavy atom. The van der Waals surface area contributed by atoms with Crippen LogP contribution in [-0.4, -0.2) is 25.1 Å². The summed E-state index contributed by atoms with van der Waals surface area (Å²) < 4.78 is 0. The van der Waals surface area contributed by atoms with Crippen LogP contribution in [0.15, 0.2) is 0 Å². The van der Waals surface area contributed by atoms with Crippen LogP contribution in [0.25, 0.3) is 0 Å². The van der Waals surface area contributed by atoms with E-state index in [2.05, 4.69) is 11.6 Å². The average molecular weight is 201 g/mol. The molecule has 0 radical (unpaired) electrons. The summed E-state index contributed by atoms with van der Waals surface area (Å²) in [7, 11) is 0. The molecule has 0 saturated heterocycles. The zero-order valence-electron chi connectivity index (χ0n) is 8.85. The monoisotopic (exact) mass is 201 g/mol. The average Bonchev–Trinajstić information content (AvgIpc) is 2.63. The molecule has 0 unspecified atom stereocenters. The fourth-order valence-corrected chi connectivity index (χ4v) is 2.46. The highest BCUT2D eigenvalue weighted by molar-refractivity contribution is 7.98. The Morgan fingerprint density at radius 1 is 1.23 bits per heavy atom. The van der Waals surface area contributed by atoms with Gasteiger partial charge in [0.25, 0.3) is 0 Å². The molecule has 13 heavy (non-hydrogen) atoms.